The highest BCUT2D eigenvalue weighted by molar-refractivity contribution is 9.10. The lowest BCUT2D eigenvalue weighted by Gasteiger charge is -2.19. The number of carbonyl (C=O) groups is 4. The lowest BCUT2D eigenvalue weighted by Crippen LogP contribution is -2.26. The van der Waals surface area contributed by atoms with Crippen molar-refractivity contribution in [1.82, 2.24) is 0 Å². The maximum absolute atomic E-state index is 12.3. The maximum atomic E-state index is 12.3. The molecule has 0 saturated heterocycles. The molecular weight excluding hydrogens is 344 g/mol. The minimum absolute atomic E-state index is 0.0709. The van der Waals surface area contributed by atoms with Gasteiger partial charge in [-0.25, -0.2) is 0 Å². The molecule has 1 aliphatic rings. The van der Waals surface area contributed by atoms with Crippen LogP contribution in [0.5, 0.6) is 0 Å². The standard InChI is InChI=1S/C14H9BrO6/c1-6(16)20-13-11(18)9-4-3-8(15)5-10(9)12(19)14(13)21-7(2)17/h3-5H,1-2H3. The topological polar surface area (TPSA) is 86.7 Å². The minimum atomic E-state index is -0.797. The summed E-state index contributed by atoms with van der Waals surface area (Å²) in [6, 6.07) is 4.43. The Balaban J connectivity index is 2.63. The fourth-order valence-electron chi connectivity index (χ4n) is 1.83. The molecule has 6 nitrogen and oxygen atoms in total. The first-order chi connectivity index (χ1) is 9.81. The van der Waals surface area contributed by atoms with E-state index in [9.17, 15) is 19.2 Å². The van der Waals surface area contributed by atoms with E-state index in [4.69, 9.17) is 9.47 Å². The molecule has 0 spiro atoms. The highest BCUT2D eigenvalue weighted by Gasteiger charge is 2.37. The first kappa shape index (κ1) is 15.1. The zero-order valence-electron chi connectivity index (χ0n) is 11.1. The van der Waals surface area contributed by atoms with Gasteiger partial charge in [-0.15, -0.1) is 0 Å². The van der Waals surface area contributed by atoms with E-state index in [1.165, 1.54) is 12.1 Å². The fourth-order valence-corrected chi connectivity index (χ4v) is 2.19. The third kappa shape index (κ3) is 2.92. The zero-order valence-corrected chi connectivity index (χ0v) is 12.6. The second kappa shape index (κ2) is 5.61. The van der Waals surface area contributed by atoms with Crippen molar-refractivity contribution in [3.05, 3.63) is 45.3 Å². The molecule has 21 heavy (non-hydrogen) atoms. The van der Waals surface area contributed by atoms with Crippen LogP contribution in [0.3, 0.4) is 0 Å². The van der Waals surface area contributed by atoms with Gasteiger partial charge >= 0.3 is 11.9 Å². The zero-order chi connectivity index (χ0) is 15.7. The summed E-state index contributed by atoms with van der Waals surface area (Å²) in [6.07, 6.45) is 0. The predicted octanol–water partition coefficient (Wildman–Crippen LogP) is 2.17. The van der Waals surface area contributed by atoms with Crippen molar-refractivity contribution in [2.75, 3.05) is 0 Å². The van der Waals surface area contributed by atoms with Gasteiger partial charge in [0.05, 0.1) is 0 Å². The van der Waals surface area contributed by atoms with E-state index >= 15 is 0 Å². The van der Waals surface area contributed by atoms with Crippen molar-refractivity contribution in [2.24, 2.45) is 0 Å². The Morgan fingerprint density at radius 2 is 1.38 bits per heavy atom. The van der Waals surface area contributed by atoms with Gasteiger partial charge in [0.25, 0.3) is 0 Å². The molecule has 2 rings (SSSR count). The molecule has 1 aromatic rings. The van der Waals surface area contributed by atoms with Gasteiger partial charge in [-0.1, -0.05) is 15.9 Å². The number of allylic oxidation sites excluding steroid dienone is 2. The molecule has 0 heterocycles. The number of halogens is 1. The molecule has 0 unspecified atom stereocenters. The van der Waals surface area contributed by atoms with Gasteiger partial charge in [0.1, 0.15) is 0 Å². The Labute approximate surface area is 127 Å². The molecule has 1 aliphatic carbocycles. The van der Waals surface area contributed by atoms with Gasteiger partial charge in [0, 0.05) is 29.4 Å². The average Bonchev–Trinajstić information content (AvgIpc) is 2.39. The van der Waals surface area contributed by atoms with E-state index in [0.29, 0.717) is 4.47 Å². The van der Waals surface area contributed by atoms with Crippen molar-refractivity contribution in [2.45, 2.75) is 13.8 Å². The number of ketones is 2. The van der Waals surface area contributed by atoms with E-state index in [0.717, 1.165) is 13.8 Å². The van der Waals surface area contributed by atoms with Crippen LogP contribution in [0.4, 0.5) is 0 Å². The Bertz CT molecular complexity index is 716. The van der Waals surface area contributed by atoms with Crippen LogP contribution in [0.15, 0.2) is 34.2 Å². The highest BCUT2D eigenvalue weighted by Crippen LogP contribution is 2.30. The summed E-state index contributed by atoms with van der Waals surface area (Å²) in [6.45, 7) is 2.15. The average molecular weight is 353 g/mol. The number of hydrogen-bond acceptors (Lipinski definition) is 6. The van der Waals surface area contributed by atoms with Crippen molar-refractivity contribution < 1.29 is 28.7 Å². The largest absolute Gasteiger partial charge is 0.418 e. The van der Waals surface area contributed by atoms with Gasteiger partial charge in [-0.3, -0.25) is 19.2 Å². The number of fused-ring (bicyclic) bond motifs is 1. The number of benzene rings is 1. The summed E-state index contributed by atoms with van der Waals surface area (Å²) in [5.74, 6) is -4.13. The molecule has 1 aromatic carbocycles. The Kier molecular flexibility index (Phi) is 4.04. The molecule has 0 atom stereocenters. The van der Waals surface area contributed by atoms with Gasteiger partial charge in [-0.2, -0.15) is 0 Å². The summed E-state index contributed by atoms with van der Waals surface area (Å²) in [5, 5.41) is 0. The van der Waals surface area contributed by atoms with E-state index in [1.54, 1.807) is 6.07 Å². The Morgan fingerprint density at radius 1 is 0.905 bits per heavy atom. The van der Waals surface area contributed by atoms with Crippen LogP contribution < -0.4 is 0 Å². The van der Waals surface area contributed by atoms with Gasteiger partial charge in [-0.05, 0) is 18.2 Å². The minimum Gasteiger partial charge on any atom is -0.418 e. The predicted molar refractivity (Wildman–Crippen MR) is 73.4 cm³/mol. The molecule has 0 N–H and O–H groups in total. The maximum Gasteiger partial charge on any atom is 0.308 e. The normalized spacial score (nSPS) is 13.9. The Hall–Kier alpha value is -2.28. The van der Waals surface area contributed by atoms with Crippen LogP contribution in [-0.2, 0) is 19.1 Å². The molecule has 0 aromatic heterocycles. The van der Waals surface area contributed by atoms with Crippen molar-refractivity contribution in [1.29, 1.82) is 0 Å². The SMILES string of the molecule is CC(=O)OC1=C(OC(C)=O)C(=O)c2cc(Br)ccc2C1=O. The first-order valence-corrected chi connectivity index (χ1v) is 6.60. The van der Waals surface area contributed by atoms with Crippen LogP contribution in [0.2, 0.25) is 0 Å². The number of hydrogen-bond donors (Lipinski definition) is 0. The van der Waals surface area contributed by atoms with Crippen LogP contribution in [-0.4, -0.2) is 23.5 Å². The summed E-state index contributed by atoms with van der Waals surface area (Å²) in [7, 11) is 0. The molecule has 0 aliphatic heterocycles. The number of esters is 2. The third-order valence-electron chi connectivity index (χ3n) is 2.58. The van der Waals surface area contributed by atoms with E-state index in [-0.39, 0.29) is 11.1 Å². The lowest BCUT2D eigenvalue weighted by molar-refractivity contribution is -0.140. The molecule has 0 radical (unpaired) electrons. The molecular formula is C14H9BrO6. The number of rotatable bonds is 2. The van der Waals surface area contributed by atoms with E-state index in [1.807, 2.05) is 0 Å². The molecule has 0 fully saturated rings. The number of ether oxygens (including phenoxy) is 2. The quantitative estimate of drug-likeness (QED) is 0.758. The smallest absolute Gasteiger partial charge is 0.308 e. The molecule has 0 saturated carbocycles. The van der Waals surface area contributed by atoms with Crippen molar-refractivity contribution >= 4 is 39.4 Å². The summed E-state index contributed by atoms with van der Waals surface area (Å²) in [5.41, 5.74) is 0.150. The molecule has 0 bridgehead atoms. The van der Waals surface area contributed by atoms with Gasteiger partial charge in [0.2, 0.25) is 23.1 Å². The summed E-state index contributed by atoms with van der Waals surface area (Å²) >= 11 is 3.19. The second-order valence-electron chi connectivity index (χ2n) is 4.19. The van der Waals surface area contributed by atoms with Crippen LogP contribution in [0.1, 0.15) is 34.6 Å². The first-order valence-electron chi connectivity index (χ1n) is 5.81. The Morgan fingerprint density at radius 3 is 1.86 bits per heavy atom. The van der Waals surface area contributed by atoms with E-state index < -0.39 is 35.0 Å². The van der Waals surface area contributed by atoms with Gasteiger partial charge in [0.15, 0.2) is 0 Å². The fraction of sp³-hybridized carbons (Fsp3) is 0.143. The summed E-state index contributed by atoms with van der Waals surface area (Å²) < 4.78 is 10.1. The van der Waals surface area contributed by atoms with Crippen molar-refractivity contribution in [3.8, 4) is 0 Å². The lowest BCUT2D eigenvalue weighted by atomic mass is 9.92. The van der Waals surface area contributed by atoms with Crippen LogP contribution in [0, 0.1) is 0 Å². The monoisotopic (exact) mass is 352 g/mol. The molecule has 0 amide bonds. The van der Waals surface area contributed by atoms with Gasteiger partial charge < -0.3 is 9.47 Å². The van der Waals surface area contributed by atoms with E-state index in [2.05, 4.69) is 15.9 Å². The number of Topliss-reactive ketones (excluding diaryl/α,β-unsaturated/α-hetero) is 2. The second-order valence-corrected chi connectivity index (χ2v) is 5.11. The number of carbonyl (C=O) groups excluding carboxylic acids is 4. The highest BCUT2D eigenvalue weighted by atomic mass is 79.9. The van der Waals surface area contributed by atoms with Crippen LogP contribution >= 0.6 is 15.9 Å². The molecule has 108 valence electrons. The summed E-state index contributed by atoms with van der Waals surface area (Å²) in [4.78, 5) is 46.8. The van der Waals surface area contributed by atoms with Crippen LogP contribution in [0.25, 0.3) is 0 Å². The third-order valence-corrected chi connectivity index (χ3v) is 3.07. The molecule has 7 heteroatoms. The van der Waals surface area contributed by atoms with Crippen molar-refractivity contribution in [3.63, 3.8) is 0 Å².